The third-order valence-corrected chi connectivity index (χ3v) is 5.30. The van der Waals surface area contributed by atoms with Crippen molar-refractivity contribution in [3.63, 3.8) is 0 Å². The lowest BCUT2D eigenvalue weighted by Gasteiger charge is -2.16. The lowest BCUT2D eigenvalue weighted by Crippen LogP contribution is -3.00. The number of benzene rings is 2. The molecule has 0 unspecified atom stereocenters. The van der Waals surface area contributed by atoms with E-state index in [4.69, 9.17) is 14.2 Å². The number of nitrogens with zero attached hydrogens (tertiary/aromatic N) is 1. The summed E-state index contributed by atoms with van der Waals surface area (Å²) in [5, 5.41) is 0. The summed E-state index contributed by atoms with van der Waals surface area (Å²) < 4.78 is 17.7. The van der Waals surface area contributed by atoms with E-state index in [1.54, 1.807) is 20.3 Å². The molecule has 1 aliphatic rings. The molecule has 0 aromatic heterocycles. The molecule has 0 saturated carbocycles. The van der Waals surface area contributed by atoms with Gasteiger partial charge in [0.1, 0.15) is 7.05 Å². The summed E-state index contributed by atoms with van der Waals surface area (Å²) in [6.45, 7) is 4.31. The quantitative estimate of drug-likeness (QED) is 0.347. The van der Waals surface area contributed by atoms with Crippen molar-refractivity contribution < 1.29 is 47.6 Å². The van der Waals surface area contributed by atoms with E-state index in [1.807, 2.05) is 37.4 Å². The standard InChI is InChI=1S/C23H26NO4.HI/c1-23(2)17-14-16(22(25)28-6)9-10-18(17)24(3)21(23)12-8-15-7-11-19(26-4)20(13-15)27-5;/h7-14H,1-6H3;1H/q+1;/p-1/b12-8+;. The minimum atomic E-state index is -0.324. The van der Waals surface area contributed by atoms with E-state index in [0.29, 0.717) is 17.1 Å². The molecule has 29 heavy (non-hydrogen) atoms. The zero-order chi connectivity index (χ0) is 20.5. The SMILES string of the molecule is COC(=O)c1ccc2c(c1)C(C)(C)C(/C=C/c1ccc(OC)c(OC)c1)=[N+]2C.[I-]. The molecular weight excluding hydrogens is 481 g/mol. The lowest BCUT2D eigenvalue weighted by molar-refractivity contribution is -0.401. The van der Waals surface area contributed by atoms with Crippen molar-refractivity contribution in [2.24, 2.45) is 0 Å². The number of halogens is 1. The van der Waals surface area contributed by atoms with Crippen molar-refractivity contribution in [3.05, 3.63) is 59.2 Å². The van der Waals surface area contributed by atoms with Gasteiger partial charge in [-0.15, -0.1) is 0 Å². The number of carbonyl (C=O) groups excluding carboxylic acids is 1. The number of rotatable bonds is 5. The fraction of sp³-hybridized carbons (Fsp3) is 0.304. The van der Waals surface area contributed by atoms with Gasteiger partial charge in [-0.1, -0.05) is 6.07 Å². The third kappa shape index (κ3) is 4.17. The molecule has 5 nitrogen and oxygen atoms in total. The molecule has 3 rings (SSSR count). The normalized spacial score (nSPS) is 14.4. The van der Waals surface area contributed by atoms with Crippen molar-refractivity contribution in [1.29, 1.82) is 0 Å². The Labute approximate surface area is 189 Å². The fourth-order valence-corrected chi connectivity index (χ4v) is 3.71. The van der Waals surface area contributed by atoms with Crippen molar-refractivity contribution in [2.45, 2.75) is 19.3 Å². The Hall–Kier alpha value is -2.35. The second-order valence-electron chi connectivity index (χ2n) is 7.24. The van der Waals surface area contributed by atoms with E-state index in [9.17, 15) is 4.79 Å². The molecule has 0 saturated heterocycles. The Morgan fingerprint density at radius 1 is 0.966 bits per heavy atom. The summed E-state index contributed by atoms with van der Waals surface area (Å²) in [5.74, 6) is 1.07. The Bertz CT molecular complexity index is 992. The first kappa shape index (κ1) is 22.9. The Kier molecular flexibility index (Phi) is 7.11. The van der Waals surface area contributed by atoms with E-state index < -0.39 is 0 Å². The molecule has 0 fully saturated rings. The molecule has 1 heterocycles. The van der Waals surface area contributed by atoms with Crippen LogP contribution in [0.3, 0.4) is 0 Å². The molecule has 0 radical (unpaired) electrons. The van der Waals surface area contributed by atoms with Gasteiger partial charge in [0.2, 0.25) is 5.69 Å². The van der Waals surface area contributed by atoms with Gasteiger partial charge < -0.3 is 38.2 Å². The first-order valence-electron chi connectivity index (χ1n) is 9.07. The molecule has 1 aliphatic heterocycles. The smallest absolute Gasteiger partial charge is 0.337 e. The summed E-state index contributed by atoms with van der Waals surface area (Å²) in [5.41, 5.74) is 4.66. The van der Waals surface area contributed by atoms with Crippen LogP contribution in [0.5, 0.6) is 11.5 Å². The maximum atomic E-state index is 11.9. The van der Waals surface area contributed by atoms with Gasteiger partial charge in [0, 0.05) is 17.7 Å². The molecule has 0 amide bonds. The highest BCUT2D eigenvalue weighted by Gasteiger charge is 2.43. The van der Waals surface area contributed by atoms with E-state index in [-0.39, 0.29) is 35.4 Å². The molecule has 0 spiro atoms. The number of ether oxygens (including phenoxy) is 3. The molecule has 6 heteroatoms. The van der Waals surface area contributed by atoms with Crippen molar-refractivity contribution >= 4 is 23.4 Å². The first-order chi connectivity index (χ1) is 13.3. The van der Waals surface area contributed by atoms with Crippen molar-refractivity contribution in [3.8, 4) is 11.5 Å². The van der Waals surface area contributed by atoms with E-state index in [0.717, 1.165) is 22.5 Å². The maximum Gasteiger partial charge on any atom is 0.337 e. The Morgan fingerprint density at radius 3 is 2.28 bits per heavy atom. The highest BCUT2D eigenvalue weighted by Crippen LogP contribution is 2.40. The second-order valence-corrected chi connectivity index (χ2v) is 7.24. The largest absolute Gasteiger partial charge is 1.00 e. The van der Waals surface area contributed by atoms with Crippen LogP contribution in [0, 0.1) is 0 Å². The molecule has 0 aliphatic carbocycles. The average molecular weight is 507 g/mol. The Balaban J connectivity index is 0.00000300. The third-order valence-electron chi connectivity index (χ3n) is 5.30. The number of hydrogen-bond acceptors (Lipinski definition) is 4. The molecule has 2 aromatic carbocycles. The van der Waals surface area contributed by atoms with Gasteiger partial charge in [-0.3, -0.25) is 0 Å². The number of fused-ring (bicyclic) bond motifs is 1. The summed E-state index contributed by atoms with van der Waals surface area (Å²) in [4.78, 5) is 11.9. The summed E-state index contributed by atoms with van der Waals surface area (Å²) in [6.07, 6.45) is 4.17. The fourth-order valence-electron chi connectivity index (χ4n) is 3.71. The van der Waals surface area contributed by atoms with Crippen LogP contribution in [0.15, 0.2) is 42.5 Å². The summed E-state index contributed by atoms with van der Waals surface area (Å²) in [6, 6.07) is 11.5. The number of methoxy groups -OCH3 is 3. The highest BCUT2D eigenvalue weighted by atomic mass is 127. The van der Waals surface area contributed by atoms with E-state index in [2.05, 4.69) is 30.6 Å². The lowest BCUT2D eigenvalue weighted by atomic mass is 9.80. The number of allylic oxidation sites excluding steroid dienone is 1. The van der Waals surface area contributed by atoms with Crippen LogP contribution in [-0.4, -0.2) is 44.6 Å². The van der Waals surface area contributed by atoms with Gasteiger partial charge >= 0.3 is 5.97 Å². The number of carbonyl (C=O) groups is 1. The van der Waals surface area contributed by atoms with Crippen LogP contribution in [0.4, 0.5) is 5.69 Å². The maximum absolute atomic E-state index is 11.9. The van der Waals surface area contributed by atoms with Gasteiger partial charge in [0.25, 0.3) is 0 Å². The second kappa shape index (κ2) is 8.98. The molecule has 0 N–H and O–H groups in total. The Morgan fingerprint density at radius 2 is 1.66 bits per heavy atom. The topological polar surface area (TPSA) is 47.8 Å². The zero-order valence-electron chi connectivity index (χ0n) is 17.6. The van der Waals surface area contributed by atoms with Gasteiger partial charge in [-0.25, -0.2) is 4.79 Å². The monoisotopic (exact) mass is 507 g/mol. The molecule has 0 bridgehead atoms. The van der Waals surface area contributed by atoms with Crippen molar-refractivity contribution in [2.75, 3.05) is 28.4 Å². The minimum absolute atomic E-state index is 0. The molecule has 154 valence electrons. The number of esters is 1. The predicted octanol–water partition coefficient (Wildman–Crippen LogP) is 1.21. The van der Waals surface area contributed by atoms with Gasteiger partial charge in [0.15, 0.2) is 17.2 Å². The van der Waals surface area contributed by atoms with Gasteiger partial charge in [0.05, 0.1) is 32.3 Å². The van der Waals surface area contributed by atoms with Crippen LogP contribution < -0.4 is 33.5 Å². The summed E-state index contributed by atoms with van der Waals surface area (Å²) >= 11 is 0. The van der Waals surface area contributed by atoms with Gasteiger partial charge in [-0.2, -0.15) is 4.58 Å². The van der Waals surface area contributed by atoms with Crippen LogP contribution in [0.1, 0.15) is 35.3 Å². The molecule has 0 atom stereocenters. The minimum Gasteiger partial charge on any atom is -1.00 e. The van der Waals surface area contributed by atoms with Crippen LogP contribution in [0.2, 0.25) is 0 Å². The predicted molar refractivity (Wildman–Crippen MR) is 110 cm³/mol. The molecular formula is C23H26INO4. The number of hydrogen-bond donors (Lipinski definition) is 0. The van der Waals surface area contributed by atoms with Gasteiger partial charge in [-0.05, 0) is 49.8 Å². The van der Waals surface area contributed by atoms with E-state index in [1.165, 1.54) is 7.11 Å². The zero-order valence-corrected chi connectivity index (χ0v) is 19.7. The highest BCUT2D eigenvalue weighted by molar-refractivity contribution is 6.06. The first-order valence-corrected chi connectivity index (χ1v) is 9.07. The van der Waals surface area contributed by atoms with Crippen LogP contribution in [0.25, 0.3) is 6.08 Å². The average Bonchev–Trinajstić information content (AvgIpc) is 2.90. The van der Waals surface area contributed by atoms with Crippen molar-refractivity contribution in [1.82, 2.24) is 0 Å². The van der Waals surface area contributed by atoms with Crippen LogP contribution >= 0.6 is 0 Å². The van der Waals surface area contributed by atoms with Crippen LogP contribution in [-0.2, 0) is 10.2 Å². The van der Waals surface area contributed by atoms with E-state index >= 15 is 0 Å². The molecule has 2 aromatic rings. The summed E-state index contributed by atoms with van der Waals surface area (Å²) in [7, 11) is 6.69.